The molecule has 1 unspecified atom stereocenters. The van der Waals surface area contributed by atoms with Gasteiger partial charge in [0.2, 0.25) is 0 Å². The molecule has 0 bridgehead atoms. The van der Waals surface area contributed by atoms with E-state index in [0.717, 1.165) is 12.8 Å². The van der Waals surface area contributed by atoms with Gasteiger partial charge in [0.15, 0.2) is 0 Å². The summed E-state index contributed by atoms with van der Waals surface area (Å²) in [6, 6.07) is -0.294. The molecule has 0 saturated carbocycles. The highest BCUT2D eigenvalue weighted by atomic mass is 31.2. The van der Waals surface area contributed by atoms with Crippen LogP contribution in [0.5, 0.6) is 0 Å². The minimum atomic E-state index is -3.46. The Labute approximate surface area is 150 Å². The minimum Gasteiger partial charge on any atom is -0.327 e. The van der Waals surface area contributed by atoms with Gasteiger partial charge < -0.3 is 15.2 Å². The van der Waals surface area contributed by atoms with Gasteiger partial charge in [-0.05, 0) is 13.3 Å². The second-order valence-electron chi connectivity index (χ2n) is 7.23. The van der Waals surface area contributed by atoms with Gasteiger partial charge in [0, 0.05) is 6.04 Å². The lowest BCUT2D eigenvalue weighted by molar-refractivity contribution is 0.251. The maximum Gasteiger partial charge on any atom is 0.329 e. The molecule has 0 aliphatic rings. The summed E-state index contributed by atoms with van der Waals surface area (Å²) in [5.41, 5.74) is 5.52. The minimum absolute atomic E-state index is 0.0472. The molecule has 0 aromatic rings. The molecule has 0 aromatic heterocycles. The Bertz CT molecular complexity index is 311. The van der Waals surface area contributed by atoms with Crippen molar-refractivity contribution < 1.29 is 14.0 Å². The molecule has 3 N–H and O–H groups in total. The molecule has 4 nitrogen and oxygen atoms in total. The Morgan fingerprint density at radius 1 is 0.833 bits per heavy atom. The molecular formula is C19H42NO3P. The van der Waals surface area contributed by atoms with E-state index in [0.29, 0.717) is 6.61 Å². The van der Waals surface area contributed by atoms with Gasteiger partial charge in [0.25, 0.3) is 0 Å². The average molecular weight is 364 g/mol. The Morgan fingerprint density at radius 2 is 1.21 bits per heavy atom. The SMILES string of the molecule is CCCCCCCCCCCCCCCCOP(=O)(O)C[C@@H](C)N. The summed E-state index contributed by atoms with van der Waals surface area (Å²) in [6.45, 7) is 4.36. The van der Waals surface area contributed by atoms with E-state index in [-0.39, 0.29) is 12.2 Å². The van der Waals surface area contributed by atoms with Gasteiger partial charge in [-0.3, -0.25) is 4.57 Å². The van der Waals surface area contributed by atoms with Gasteiger partial charge in [-0.1, -0.05) is 90.4 Å². The van der Waals surface area contributed by atoms with Crippen molar-refractivity contribution in [3.05, 3.63) is 0 Å². The van der Waals surface area contributed by atoms with E-state index >= 15 is 0 Å². The summed E-state index contributed by atoms with van der Waals surface area (Å²) in [6.07, 6.45) is 18.3. The second kappa shape index (κ2) is 16.6. The molecule has 0 fully saturated rings. The van der Waals surface area contributed by atoms with Crippen molar-refractivity contribution in [1.82, 2.24) is 0 Å². The highest BCUT2D eigenvalue weighted by Gasteiger charge is 2.20. The fraction of sp³-hybridized carbons (Fsp3) is 1.00. The maximum absolute atomic E-state index is 11.6. The summed E-state index contributed by atoms with van der Waals surface area (Å²) < 4.78 is 16.7. The molecule has 2 atom stereocenters. The molecule has 0 aliphatic heterocycles. The molecule has 146 valence electrons. The van der Waals surface area contributed by atoms with Gasteiger partial charge in [-0.25, -0.2) is 0 Å². The van der Waals surface area contributed by atoms with Crippen LogP contribution in [0.4, 0.5) is 0 Å². The molecule has 0 amide bonds. The normalized spacial score (nSPS) is 15.3. The van der Waals surface area contributed by atoms with Crippen LogP contribution in [0.25, 0.3) is 0 Å². The van der Waals surface area contributed by atoms with Gasteiger partial charge in [-0.2, -0.15) is 0 Å². The van der Waals surface area contributed by atoms with Crippen molar-refractivity contribution in [2.75, 3.05) is 12.8 Å². The number of nitrogens with two attached hydrogens (primary N) is 1. The lowest BCUT2D eigenvalue weighted by atomic mass is 10.0. The fourth-order valence-corrected chi connectivity index (χ4v) is 4.17. The van der Waals surface area contributed by atoms with Crippen LogP contribution in [0, 0.1) is 0 Å². The lowest BCUT2D eigenvalue weighted by Gasteiger charge is -2.13. The maximum atomic E-state index is 11.6. The van der Waals surface area contributed by atoms with Crippen LogP contribution in [-0.4, -0.2) is 23.7 Å². The predicted molar refractivity (Wildman–Crippen MR) is 105 cm³/mol. The van der Waals surface area contributed by atoms with Crippen molar-refractivity contribution in [3.8, 4) is 0 Å². The van der Waals surface area contributed by atoms with Gasteiger partial charge in [0.05, 0.1) is 12.8 Å². The summed E-state index contributed by atoms with van der Waals surface area (Å²) in [7, 11) is -3.46. The summed E-state index contributed by atoms with van der Waals surface area (Å²) in [5, 5.41) is 0. The van der Waals surface area contributed by atoms with E-state index in [4.69, 9.17) is 10.3 Å². The molecule has 24 heavy (non-hydrogen) atoms. The number of hydrogen-bond donors (Lipinski definition) is 2. The lowest BCUT2D eigenvalue weighted by Crippen LogP contribution is -2.20. The average Bonchev–Trinajstić information content (AvgIpc) is 2.49. The third-order valence-electron chi connectivity index (χ3n) is 4.31. The van der Waals surface area contributed by atoms with E-state index in [9.17, 15) is 9.46 Å². The van der Waals surface area contributed by atoms with Crippen molar-refractivity contribution in [2.45, 2.75) is 110 Å². The van der Waals surface area contributed by atoms with Crippen LogP contribution in [-0.2, 0) is 9.09 Å². The van der Waals surface area contributed by atoms with E-state index in [1.54, 1.807) is 6.92 Å². The van der Waals surface area contributed by atoms with Crippen LogP contribution in [0.3, 0.4) is 0 Å². The quantitative estimate of drug-likeness (QED) is 0.231. The fourth-order valence-electron chi connectivity index (χ4n) is 2.92. The molecule has 5 heteroatoms. The van der Waals surface area contributed by atoms with E-state index in [1.165, 1.54) is 77.0 Å². The molecule has 0 aromatic carbocycles. The summed E-state index contributed by atoms with van der Waals surface area (Å²) in [4.78, 5) is 9.54. The Balaban J connectivity index is 3.19. The monoisotopic (exact) mass is 363 g/mol. The topological polar surface area (TPSA) is 72.5 Å². The van der Waals surface area contributed by atoms with Crippen molar-refractivity contribution >= 4 is 7.60 Å². The molecule has 0 saturated heterocycles. The summed E-state index contributed by atoms with van der Waals surface area (Å²) in [5.74, 6) is 0. The molecule has 0 radical (unpaired) electrons. The summed E-state index contributed by atoms with van der Waals surface area (Å²) >= 11 is 0. The largest absolute Gasteiger partial charge is 0.329 e. The van der Waals surface area contributed by atoms with E-state index < -0.39 is 7.60 Å². The standard InChI is InChI=1S/C19H42NO3P/c1-3-4-5-6-7-8-9-10-11-12-13-14-15-16-17-23-24(21,22)18-19(2)20/h19H,3-18,20H2,1-2H3,(H,21,22)/t19-/m1/s1. The van der Waals surface area contributed by atoms with Crippen LogP contribution < -0.4 is 5.73 Å². The Kier molecular flexibility index (Phi) is 16.6. The second-order valence-corrected chi connectivity index (χ2v) is 9.12. The van der Waals surface area contributed by atoms with Gasteiger partial charge in [-0.15, -0.1) is 0 Å². The highest BCUT2D eigenvalue weighted by Crippen LogP contribution is 2.42. The van der Waals surface area contributed by atoms with Crippen molar-refractivity contribution in [2.24, 2.45) is 5.73 Å². The van der Waals surface area contributed by atoms with Gasteiger partial charge >= 0.3 is 7.60 Å². The zero-order valence-electron chi connectivity index (χ0n) is 16.2. The first-order valence-electron chi connectivity index (χ1n) is 10.2. The number of rotatable bonds is 18. The van der Waals surface area contributed by atoms with Crippen molar-refractivity contribution in [1.29, 1.82) is 0 Å². The smallest absolute Gasteiger partial charge is 0.327 e. The first-order chi connectivity index (χ1) is 11.5. The van der Waals surface area contributed by atoms with Crippen LogP contribution in [0.15, 0.2) is 0 Å². The molecule has 0 heterocycles. The van der Waals surface area contributed by atoms with Crippen LogP contribution >= 0.6 is 7.60 Å². The molecule has 0 spiro atoms. The van der Waals surface area contributed by atoms with E-state index in [2.05, 4.69) is 6.92 Å². The van der Waals surface area contributed by atoms with Gasteiger partial charge in [0.1, 0.15) is 0 Å². The zero-order chi connectivity index (χ0) is 18.1. The number of unbranched alkanes of at least 4 members (excludes halogenated alkanes) is 13. The Morgan fingerprint density at radius 3 is 1.58 bits per heavy atom. The van der Waals surface area contributed by atoms with E-state index in [1.807, 2.05) is 0 Å². The molecular weight excluding hydrogens is 321 g/mol. The predicted octanol–water partition coefficient (Wildman–Crippen LogP) is 6.02. The first kappa shape index (κ1) is 24.1. The molecule has 0 rings (SSSR count). The third kappa shape index (κ3) is 18.4. The first-order valence-corrected chi connectivity index (χ1v) is 12.0. The highest BCUT2D eigenvalue weighted by molar-refractivity contribution is 7.52. The molecule has 0 aliphatic carbocycles. The Hall–Kier alpha value is 0.110. The van der Waals surface area contributed by atoms with Crippen LogP contribution in [0.2, 0.25) is 0 Å². The van der Waals surface area contributed by atoms with Crippen molar-refractivity contribution in [3.63, 3.8) is 0 Å². The van der Waals surface area contributed by atoms with Crippen LogP contribution in [0.1, 0.15) is 104 Å². The zero-order valence-corrected chi connectivity index (χ0v) is 17.1. The number of hydrogen-bond acceptors (Lipinski definition) is 3. The third-order valence-corrected chi connectivity index (χ3v) is 5.93.